The summed E-state index contributed by atoms with van der Waals surface area (Å²) in [7, 11) is 1.87. The number of aryl methyl sites for hydroxylation is 2. The van der Waals surface area contributed by atoms with Crippen molar-refractivity contribution in [3.63, 3.8) is 0 Å². The summed E-state index contributed by atoms with van der Waals surface area (Å²) in [4.78, 5) is 0. The van der Waals surface area contributed by atoms with E-state index in [1.54, 1.807) is 4.68 Å². The molecule has 1 N–H and O–H groups in total. The zero-order chi connectivity index (χ0) is 11.4. The first-order valence-electron chi connectivity index (χ1n) is 5.46. The van der Waals surface area contributed by atoms with Gasteiger partial charge in [0.05, 0.1) is 6.54 Å². The Hall–Kier alpha value is -1.84. The van der Waals surface area contributed by atoms with Crippen molar-refractivity contribution in [3.05, 3.63) is 41.7 Å². The van der Waals surface area contributed by atoms with Gasteiger partial charge in [0.2, 0.25) is 0 Å². The molecule has 4 nitrogen and oxygen atoms in total. The summed E-state index contributed by atoms with van der Waals surface area (Å²) in [6.45, 7) is 2.86. The summed E-state index contributed by atoms with van der Waals surface area (Å²) >= 11 is 0. The van der Waals surface area contributed by atoms with E-state index in [9.17, 15) is 0 Å². The Balaban J connectivity index is 1.94. The van der Waals surface area contributed by atoms with Crippen LogP contribution in [0.4, 0.5) is 5.69 Å². The Morgan fingerprint density at radius 2 is 2.00 bits per heavy atom. The minimum Gasteiger partial charge on any atom is -0.379 e. The molecule has 0 aliphatic carbocycles. The van der Waals surface area contributed by atoms with Gasteiger partial charge in [0, 0.05) is 18.9 Å². The van der Waals surface area contributed by atoms with Crippen LogP contribution in [0.2, 0.25) is 0 Å². The molecule has 0 fully saturated rings. The van der Waals surface area contributed by atoms with E-state index in [0.29, 0.717) is 6.54 Å². The zero-order valence-electron chi connectivity index (χ0n) is 9.64. The molecule has 0 spiro atoms. The van der Waals surface area contributed by atoms with Crippen LogP contribution in [0.1, 0.15) is 18.2 Å². The highest BCUT2D eigenvalue weighted by Crippen LogP contribution is 2.10. The van der Waals surface area contributed by atoms with Gasteiger partial charge in [-0.2, -0.15) is 0 Å². The molecule has 84 valence electrons. The van der Waals surface area contributed by atoms with E-state index in [2.05, 4.69) is 46.8 Å². The molecule has 0 radical (unpaired) electrons. The number of benzene rings is 1. The van der Waals surface area contributed by atoms with Crippen LogP contribution in [0.25, 0.3) is 0 Å². The highest BCUT2D eigenvalue weighted by atomic mass is 15.4. The molecule has 0 unspecified atom stereocenters. The molecule has 0 atom stereocenters. The first kappa shape index (κ1) is 10.7. The van der Waals surface area contributed by atoms with E-state index in [1.165, 1.54) is 5.56 Å². The van der Waals surface area contributed by atoms with Crippen LogP contribution in [0.5, 0.6) is 0 Å². The molecule has 16 heavy (non-hydrogen) atoms. The van der Waals surface area contributed by atoms with Gasteiger partial charge in [-0.05, 0) is 24.1 Å². The summed E-state index contributed by atoms with van der Waals surface area (Å²) in [5.74, 6) is 0. The smallest absolute Gasteiger partial charge is 0.102 e. The topological polar surface area (TPSA) is 42.7 Å². The first-order chi connectivity index (χ1) is 7.78. The Labute approximate surface area is 95.3 Å². The molecule has 2 rings (SSSR count). The van der Waals surface area contributed by atoms with Crippen molar-refractivity contribution in [1.29, 1.82) is 0 Å². The van der Waals surface area contributed by atoms with Crippen LogP contribution in [-0.2, 0) is 20.0 Å². The third-order valence-corrected chi connectivity index (χ3v) is 2.49. The molecule has 0 aliphatic heterocycles. The predicted octanol–water partition coefficient (Wildman–Crippen LogP) is 1.99. The molecule has 0 bridgehead atoms. The van der Waals surface area contributed by atoms with Gasteiger partial charge in [-0.1, -0.05) is 24.3 Å². The molecule has 4 heteroatoms. The molecule has 1 aromatic heterocycles. The fourth-order valence-electron chi connectivity index (χ4n) is 1.53. The lowest BCUT2D eigenvalue weighted by molar-refractivity contribution is 0.713. The SMILES string of the molecule is CCc1ccc(NCc2cn(C)nn2)cc1. The van der Waals surface area contributed by atoms with E-state index >= 15 is 0 Å². The minimum absolute atomic E-state index is 0.708. The van der Waals surface area contributed by atoms with E-state index in [4.69, 9.17) is 0 Å². The number of nitrogens with one attached hydrogen (secondary N) is 1. The molecule has 1 aromatic carbocycles. The number of nitrogens with zero attached hydrogens (tertiary/aromatic N) is 3. The lowest BCUT2D eigenvalue weighted by Gasteiger charge is -2.04. The fraction of sp³-hybridized carbons (Fsp3) is 0.333. The second-order valence-electron chi connectivity index (χ2n) is 3.79. The molecule has 2 aromatic rings. The fourth-order valence-corrected chi connectivity index (χ4v) is 1.53. The summed E-state index contributed by atoms with van der Waals surface area (Å²) in [6, 6.07) is 8.46. The van der Waals surface area contributed by atoms with E-state index in [0.717, 1.165) is 17.8 Å². The summed E-state index contributed by atoms with van der Waals surface area (Å²) in [6.07, 6.45) is 2.98. The molecule has 0 saturated carbocycles. The largest absolute Gasteiger partial charge is 0.379 e. The van der Waals surface area contributed by atoms with Crippen LogP contribution in [0, 0.1) is 0 Å². The third kappa shape index (κ3) is 2.59. The van der Waals surface area contributed by atoms with Crippen LogP contribution < -0.4 is 5.32 Å². The Kier molecular flexibility index (Phi) is 3.19. The Morgan fingerprint density at radius 1 is 1.25 bits per heavy atom. The van der Waals surface area contributed by atoms with Crippen molar-refractivity contribution in [2.24, 2.45) is 7.05 Å². The van der Waals surface area contributed by atoms with Crippen molar-refractivity contribution in [2.75, 3.05) is 5.32 Å². The standard InChI is InChI=1S/C12H16N4/c1-3-10-4-6-11(7-5-10)13-8-12-9-16(2)15-14-12/h4-7,9,13H,3,8H2,1-2H3. The number of anilines is 1. The summed E-state index contributed by atoms with van der Waals surface area (Å²) < 4.78 is 1.71. The van der Waals surface area contributed by atoms with Crippen molar-refractivity contribution in [1.82, 2.24) is 15.0 Å². The van der Waals surface area contributed by atoms with Gasteiger partial charge < -0.3 is 5.32 Å². The Morgan fingerprint density at radius 3 is 2.56 bits per heavy atom. The Bertz CT molecular complexity index is 444. The van der Waals surface area contributed by atoms with Gasteiger partial charge in [-0.3, -0.25) is 4.68 Å². The van der Waals surface area contributed by atoms with Gasteiger partial charge in [0.15, 0.2) is 0 Å². The lowest BCUT2D eigenvalue weighted by atomic mass is 10.1. The number of hydrogen-bond donors (Lipinski definition) is 1. The molecule has 0 amide bonds. The normalized spacial score (nSPS) is 10.4. The van der Waals surface area contributed by atoms with E-state index < -0.39 is 0 Å². The summed E-state index contributed by atoms with van der Waals surface area (Å²) in [5, 5.41) is 11.2. The maximum absolute atomic E-state index is 4.02. The molecule has 0 aliphatic rings. The maximum atomic E-state index is 4.02. The number of hydrogen-bond acceptors (Lipinski definition) is 3. The highest BCUT2D eigenvalue weighted by molar-refractivity contribution is 5.44. The van der Waals surface area contributed by atoms with Gasteiger partial charge in [-0.25, -0.2) is 0 Å². The molecule has 0 saturated heterocycles. The number of aromatic nitrogens is 3. The average Bonchev–Trinajstić information content (AvgIpc) is 2.73. The number of rotatable bonds is 4. The zero-order valence-corrected chi connectivity index (χ0v) is 9.64. The lowest BCUT2D eigenvalue weighted by Crippen LogP contribution is -1.99. The van der Waals surface area contributed by atoms with Crippen LogP contribution >= 0.6 is 0 Å². The molecule has 1 heterocycles. The quantitative estimate of drug-likeness (QED) is 0.850. The molecular formula is C12H16N4. The van der Waals surface area contributed by atoms with Crippen molar-refractivity contribution >= 4 is 5.69 Å². The van der Waals surface area contributed by atoms with Gasteiger partial charge in [-0.15, -0.1) is 5.10 Å². The van der Waals surface area contributed by atoms with Crippen molar-refractivity contribution in [2.45, 2.75) is 19.9 Å². The minimum atomic E-state index is 0.708. The van der Waals surface area contributed by atoms with E-state index in [-0.39, 0.29) is 0 Å². The van der Waals surface area contributed by atoms with Crippen molar-refractivity contribution in [3.8, 4) is 0 Å². The second kappa shape index (κ2) is 4.79. The monoisotopic (exact) mass is 216 g/mol. The van der Waals surface area contributed by atoms with Gasteiger partial charge >= 0.3 is 0 Å². The molecular weight excluding hydrogens is 200 g/mol. The van der Waals surface area contributed by atoms with Gasteiger partial charge in [0.25, 0.3) is 0 Å². The second-order valence-corrected chi connectivity index (χ2v) is 3.79. The first-order valence-corrected chi connectivity index (χ1v) is 5.46. The van der Waals surface area contributed by atoms with Crippen LogP contribution in [0.3, 0.4) is 0 Å². The predicted molar refractivity (Wildman–Crippen MR) is 64.1 cm³/mol. The maximum Gasteiger partial charge on any atom is 0.102 e. The average molecular weight is 216 g/mol. The van der Waals surface area contributed by atoms with Crippen LogP contribution in [-0.4, -0.2) is 15.0 Å². The third-order valence-electron chi connectivity index (χ3n) is 2.49. The van der Waals surface area contributed by atoms with Crippen molar-refractivity contribution < 1.29 is 0 Å². The van der Waals surface area contributed by atoms with Crippen LogP contribution in [0.15, 0.2) is 30.5 Å². The van der Waals surface area contributed by atoms with E-state index in [1.807, 2.05) is 13.2 Å². The summed E-state index contributed by atoms with van der Waals surface area (Å²) in [5.41, 5.74) is 3.41. The van der Waals surface area contributed by atoms with Gasteiger partial charge in [0.1, 0.15) is 5.69 Å². The highest BCUT2D eigenvalue weighted by Gasteiger charge is 1.98.